The fourth-order valence-electron chi connectivity index (χ4n) is 6.91. The van der Waals surface area contributed by atoms with E-state index in [0.717, 1.165) is 38.6 Å². The third-order valence-corrected chi connectivity index (χ3v) is 9.21. The maximum atomic E-state index is 10.8. The molecule has 0 saturated carbocycles. The van der Waals surface area contributed by atoms with E-state index in [-0.39, 0.29) is 17.3 Å². The summed E-state index contributed by atoms with van der Waals surface area (Å²) in [6.07, 6.45) is 17.7. The first-order chi connectivity index (χ1) is 19.6. The molecular weight excluding hydrogens is 504 g/mol. The average molecular weight is 549 g/mol. The van der Waals surface area contributed by atoms with Gasteiger partial charge in [-0.05, 0) is 81.2 Å². The van der Waals surface area contributed by atoms with Crippen LogP contribution in [-0.2, 0) is 15.6 Å². The number of rotatable bonds is 9. The molecule has 0 atom stereocenters. The minimum Gasteiger partial charge on any atom is -0.550 e. The minimum absolute atomic E-state index is 0.0167. The number of carboxylic acids is 1. The Kier molecular flexibility index (Phi) is 8.22. The summed E-state index contributed by atoms with van der Waals surface area (Å²) in [4.78, 5) is 13.3. The highest BCUT2D eigenvalue weighted by Gasteiger charge is 2.42. The first-order valence-electron chi connectivity index (χ1n) is 15.2. The molecule has 214 valence electrons. The van der Waals surface area contributed by atoms with E-state index in [1.54, 1.807) is 0 Å². The lowest BCUT2D eigenvalue weighted by Crippen LogP contribution is -2.27. The van der Waals surface area contributed by atoms with Crippen LogP contribution in [0.1, 0.15) is 83.8 Å². The van der Waals surface area contributed by atoms with Gasteiger partial charge in [0.25, 0.3) is 0 Å². The van der Waals surface area contributed by atoms with Crippen LogP contribution in [0.2, 0.25) is 0 Å². The van der Waals surface area contributed by atoms with Gasteiger partial charge in [0.05, 0.1) is 5.41 Å². The fraction of sp³-hybridized carbons (Fsp3) is 0.405. The number of carboxylic acid groups (broad SMARTS) is 1. The number of hydrogen-bond donors (Lipinski definition) is 0. The van der Waals surface area contributed by atoms with Crippen molar-refractivity contribution >= 4 is 23.1 Å². The number of carbonyl (C=O) groups excluding carboxylic acids is 1. The third-order valence-electron chi connectivity index (χ3n) is 9.21. The fourth-order valence-corrected chi connectivity index (χ4v) is 6.91. The summed E-state index contributed by atoms with van der Waals surface area (Å²) in [5.74, 6) is -0.956. The normalized spacial score (nSPS) is 21.1. The van der Waals surface area contributed by atoms with E-state index >= 15 is 0 Å². The van der Waals surface area contributed by atoms with E-state index in [9.17, 15) is 9.90 Å². The second kappa shape index (κ2) is 11.7. The van der Waals surface area contributed by atoms with E-state index < -0.39 is 5.97 Å². The standard InChI is InChI=1S/C37H44N2O2/c1-36(2)29-16-8-10-18-31(29)38(5)33(36)23-21-27-14-13-15-28(26-27)22-24-34-37(3,4)30-17-9-11-19-32(30)39(34)25-12-6-7-20-35(40)41/h8-11,16-19,21-24,26H,6-7,12-15,20,25H2,1-5H3. The van der Waals surface area contributed by atoms with E-state index in [1.165, 1.54) is 45.1 Å². The van der Waals surface area contributed by atoms with Crippen LogP contribution < -0.4 is 10.0 Å². The Labute approximate surface area is 246 Å². The zero-order valence-electron chi connectivity index (χ0n) is 25.4. The number of para-hydroxylation sites is 2. The summed E-state index contributed by atoms with van der Waals surface area (Å²) in [5.41, 5.74) is 10.6. The molecule has 0 radical (unpaired) electrons. The molecule has 2 heterocycles. The Balaban J connectivity index is 1.37. The van der Waals surface area contributed by atoms with E-state index in [4.69, 9.17) is 0 Å². The molecule has 5 rings (SSSR count). The number of nitrogens with zero attached hydrogens (tertiary/aromatic N) is 2. The number of unbranched alkanes of at least 4 members (excludes halogenated alkanes) is 2. The largest absolute Gasteiger partial charge is 0.550 e. The molecule has 0 amide bonds. The lowest BCUT2D eigenvalue weighted by atomic mass is 9.81. The van der Waals surface area contributed by atoms with Crippen molar-refractivity contribution in [2.45, 2.75) is 83.5 Å². The monoisotopic (exact) mass is 548 g/mol. The first kappa shape index (κ1) is 28.9. The van der Waals surface area contributed by atoms with Crippen LogP contribution in [0.25, 0.3) is 0 Å². The van der Waals surface area contributed by atoms with Gasteiger partial charge >= 0.3 is 0 Å². The predicted octanol–water partition coefficient (Wildman–Crippen LogP) is 7.28. The molecule has 0 fully saturated rings. The van der Waals surface area contributed by atoms with E-state index in [0.29, 0.717) is 6.42 Å². The van der Waals surface area contributed by atoms with Crippen molar-refractivity contribution < 1.29 is 14.5 Å². The summed E-state index contributed by atoms with van der Waals surface area (Å²) in [6.45, 7) is 10.1. The number of allylic oxidation sites excluding steroid dienone is 8. The minimum atomic E-state index is -0.956. The van der Waals surface area contributed by atoms with Gasteiger partial charge in [0.2, 0.25) is 5.69 Å². The zero-order valence-corrected chi connectivity index (χ0v) is 25.4. The highest BCUT2D eigenvalue weighted by Crippen LogP contribution is 2.48. The van der Waals surface area contributed by atoms with Gasteiger partial charge < -0.3 is 14.8 Å². The molecule has 2 aromatic rings. The van der Waals surface area contributed by atoms with Gasteiger partial charge in [-0.1, -0.05) is 74.9 Å². The van der Waals surface area contributed by atoms with Crippen molar-refractivity contribution in [1.82, 2.24) is 0 Å². The summed E-state index contributed by atoms with van der Waals surface area (Å²) >= 11 is 0. The Bertz CT molecular complexity index is 1480. The number of hydrogen-bond acceptors (Lipinski definition) is 3. The van der Waals surface area contributed by atoms with Crippen LogP contribution in [0.4, 0.5) is 11.4 Å². The van der Waals surface area contributed by atoms with Gasteiger partial charge in [0.1, 0.15) is 7.05 Å². The van der Waals surface area contributed by atoms with Crippen molar-refractivity contribution in [3.8, 4) is 0 Å². The molecule has 3 aliphatic rings. The molecule has 0 aromatic heterocycles. The van der Waals surface area contributed by atoms with Gasteiger partial charge in [-0.3, -0.25) is 0 Å². The van der Waals surface area contributed by atoms with Crippen molar-refractivity contribution in [2.75, 3.05) is 18.5 Å². The van der Waals surface area contributed by atoms with Crippen LogP contribution in [0, 0.1) is 0 Å². The molecule has 4 heteroatoms. The van der Waals surface area contributed by atoms with Crippen LogP contribution >= 0.6 is 0 Å². The number of carbonyl (C=O) groups is 1. The Hall–Kier alpha value is -3.66. The predicted molar refractivity (Wildman–Crippen MR) is 168 cm³/mol. The smallest absolute Gasteiger partial charge is 0.209 e. The van der Waals surface area contributed by atoms with Crippen LogP contribution in [0.15, 0.2) is 95.8 Å². The van der Waals surface area contributed by atoms with Gasteiger partial charge in [-0.2, -0.15) is 4.58 Å². The molecule has 41 heavy (non-hydrogen) atoms. The molecule has 0 saturated heterocycles. The topological polar surface area (TPSA) is 46.4 Å². The zero-order chi connectivity index (χ0) is 29.2. The van der Waals surface area contributed by atoms with E-state index in [1.807, 2.05) is 0 Å². The molecule has 0 unspecified atom stereocenters. The maximum Gasteiger partial charge on any atom is 0.209 e. The number of anilines is 1. The Morgan fingerprint density at radius 1 is 0.902 bits per heavy atom. The van der Waals surface area contributed by atoms with Crippen molar-refractivity contribution in [3.05, 3.63) is 107 Å². The van der Waals surface area contributed by atoms with Crippen LogP contribution in [-0.4, -0.2) is 29.8 Å². The average Bonchev–Trinajstić information content (AvgIpc) is 3.28. The molecule has 0 N–H and O–H groups in total. The Morgan fingerprint density at radius 3 is 2.39 bits per heavy atom. The van der Waals surface area contributed by atoms with Gasteiger partial charge in [0.15, 0.2) is 5.71 Å². The summed E-state index contributed by atoms with van der Waals surface area (Å²) in [7, 11) is 2.18. The second-order valence-corrected chi connectivity index (χ2v) is 12.8. The lowest BCUT2D eigenvalue weighted by molar-refractivity contribution is -0.401. The second-order valence-electron chi connectivity index (χ2n) is 12.8. The van der Waals surface area contributed by atoms with Crippen LogP contribution in [0.5, 0.6) is 0 Å². The number of aliphatic carboxylic acids is 1. The lowest BCUT2D eigenvalue weighted by Gasteiger charge is -2.27. The summed E-state index contributed by atoms with van der Waals surface area (Å²) in [6, 6.07) is 17.4. The van der Waals surface area contributed by atoms with Gasteiger partial charge in [-0.15, -0.1) is 0 Å². The molecule has 2 aromatic carbocycles. The van der Waals surface area contributed by atoms with Crippen molar-refractivity contribution in [3.63, 3.8) is 0 Å². The molecule has 0 spiro atoms. The molecule has 0 bridgehead atoms. The SMILES string of the molecule is C[N+]1=C(/C=C/C2=CC(=C\C=C3/N(CCCCCC(=O)[O-])c4ccccc4C3(C)C)/CCC2)C(C)(C)c2ccccc21. The highest BCUT2D eigenvalue weighted by molar-refractivity contribution is 6.03. The molecule has 4 nitrogen and oxygen atoms in total. The molecule has 1 aliphatic carbocycles. The third kappa shape index (κ3) is 5.75. The number of fused-ring (bicyclic) bond motifs is 2. The molecular formula is C37H44N2O2. The van der Waals surface area contributed by atoms with Gasteiger partial charge in [0, 0.05) is 47.0 Å². The highest BCUT2D eigenvalue weighted by atomic mass is 16.4. The van der Waals surface area contributed by atoms with E-state index in [2.05, 4.69) is 123 Å². The Morgan fingerprint density at radius 2 is 1.63 bits per heavy atom. The quantitative estimate of drug-likeness (QED) is 0.244. The van der Waals surface area contributed by atoms with Crippen molar-refractivity contribution in [1.29, 1.82) is 0 Å². The van der Waals surface area contributed by atoms with Crippen molar-refractivity contribution in [2.24, 2.45) is 0 Å². The summed E-state index contributed by atoms with van der Waals surface area (Å²) in [5, 5.41) is 10.8. The number of benzene rings is 2. The molecule has 2 aliphatic heterocycles. The van der Waals surface area contributed by atoms with Crippen LogP contribution in [0.3, 0.4) is 0 Å². The maximum absolute atomic E-state index is 10.8. The first-order valence-corrected chi connectivity index (χ1v) is 15.2. The summed E-state index contributed by atoms with van der Waals surface area (Å²) < 4.78 is 2.34. The van der Waals surface area contributed by atoms with Gasteiger partial charge in [-0.25, -0.2) is 0 Å².